The van der Waals surface area contributed by atoms with E-state index in [9.17, 15) is 13.2 Å². The van der Waals surface area contributed by atoms with Crippen molar-refractivity contribution in [1.29, 1.82) is 0 Å². The predicted octanol–water partition coefficient (Wildman–Crippen LogP) is 3.35. The van der Waals surface area contributed by atoms with Gasteiger partial charge in [0.05, 0.1) is 31.2 Å². The molecule has 1 aliphatic heterocycles. The number of ether oxygens (including phenoxy) is 2. The number of piperidine rings is 1. The van der Waals surface area contributed by atoms with Crippen LogP contribution in [-0.4, -0.2) is 45.9 Å². The minimum Gasteiger partial charge on any atom is -0.496 e. The first-order valence-corrected chi connectivity index (χ1v) is 12.2. The molecule has 32 heavy (non-hydrogen) atoms. The summed E-state index contributed by atoms with van der Waals surface area (Å²) in [5.74, 6) is 0.976. The SMILES string of the molecule is COc1cccc(OC)c1CNC(=O)C1CCN(S(=O)(=O)c2c(C)cc(C)cc2C)CC1. The molecule has 1 N–H and O–H groups in total. The normalized spacial score (nSPS) is 15.4. The fourth-order valence-electron chi connectivity index (χ4n) is 4.48. The molecule has 0 spiro atoms. The van der Waals surface area contributed by atoms with Crippen molar-refractivity contribution in [2.75, 3.05) is 27.3 Å². The summed E-state index contributed by atoms with van der Waals surface area (Å²) in [6, 6.07) is 9.26. The molecule has 7 nitrogen and oxygen atoms in total. The van der Waals surface area contributed by atoms with Gasteiger partial charge in [0.15, 0.2) is 0 Å². The molecule has 2 aromatic carbocycles. The van der Waals surface area contributed by atoms with E-state index in [1.807, 2.05) is 51.1 Å². The molecule has 2 aromatic rings. The molecular formula is C24H32N2O5S. The number of nitrogens with one attached hydrogen (secondary N) is 1. The Morgan fingerprint density at radius 3 is 2.06 bits per heavy atom. The lowest BCUT2D eigenvalue weighted by Crippen LogP contribution is -2.43. The van der Waals surface area contributed by atoms with Crippen molar-refractivity contribution in [3.63, 3.8) is 0 Å². The topological polar surface area (TPSA) is 84.9 Å². The van der Waals surface area contributed by atoms with Crippen LogP contribution < -0.4 is 14.8 Å². The molecule has 1 heterocycles. The number of rotatable bonds is 7. The molecule has 0 radical (unpaired) electrons. The largest absolute Gasteiger partial charge is 0.496 e. The highest BCUT2D eigenvalue weighted by molar-refractivity contribution is 7.89. The summed E-state index contributed by atoms with van der Waals surface area (Å²) in [5, 5.41) is 2.96. The van der Waals surface area contributed by atoms with E-state index < -0.39 is 10.0 Å². The third-order valence-electron chi connectivity index (χ3n) is 6.00. The smallest absolute Gasteiger partial charge is 0.243 e. The van der Waals surface area contributed by atoms with Gasteiger partial charge >= 0.3 is 0 Å². The van der Waals surface area contributed by atoms with Gasteiger partial charge in [0, 0.05) is 19.0 Å². The number of hydrogen-bond donors (Lipinski definition) is 1. The van der Waals surface area contributed by atoms with Crippen molar-refractivity contribution in [2.24, 2.45) is 5.92 Å². The highest BCUT2D eigenvalue weighted by atomic mass is 32.2. The first kappa shape index (κ1) is 24.1. The second kappa shape index (κ2) is 9.92. The summed E-state index contributed by atoms with van der Waals surface area (Å²) >= 11 is 0. The molecule has 0 aromatic heterocycles. The second-order valence-corrected chi connectivity index (χ2v) is 10.1. The zero-order chi connectivity index (χ0) is 23.5. The van der Waals surface area contributed by atoms with Crippen LogP contribution in [0.5, 0.6) is 11.5 Å². The number of sulfonamides is 1. The van der Waals surface area contributed by atoms with Crippen LogP contribution in [0, 0.1) is 26.7 Å². The highest BCUT2D eigenvalue weighted by Crippen LogP contribution is 2.30. The molecule has 174 valence electrons. The number of methoxy groups -OCH3 is 2. The van der Waals surface area contributed by atoms with Crippen LogP contribution >= 0.6 is 0 Å². The van der Waals surface area contributed by atoms with E-state index in [1.54, 1.807) is 14.2 Å². The van der Waals surface area contributed by atoms with Crippen molar-refractivity contribution >= 4 is 15.9 Å². The average Bonchev–Trinajstić information content (AvgIpc) is 2.76. The number of aryl methyl sites for hydroxylation is 3. The molecule has 0 aliphatic carbocycles. The Morgan fingerprint density at radius 1 is 1.03 bits per heavy atom. The van der Waals surface area contributed by atoms with Crippen LogP contribution in [0.15, 0.2) is 35.2 Å². The minimum atomic E-state index is -3.59. The lowest BCUT2D eigenvalue weighted by molar-refractivity contribution is -0.126. The average molecular weight is 461 g/mol. The lowest BCUT2D eigenvalue weighted by atomic mass is 9.97. The molecule has 1 saturated heterocycles. The van der Waals surface area contributed by atoms with Gasteiger partial charge < -0.3 is 14.8 Å². The first-order valence-electron chi connectivity index (χ1n) is 10.7. The van der Waals surface area contributed by atoms with Gasteiger partial charge in [-0.05, 0) is 56.9 Å². The second-order valence-electron chi connectivity index (χ2n) is 8.27. The molecule has 0 bridgehead atoms. The molecule has 0 atom stereocenters. The van der Waals surface area contributed by atoms with Crippen molar-refractivity contribution in [3.8, 4) is 11.5 Å². The molecule has 3 rings (SSSR count). The van der Waals surface area contributed by atoms with Gasteiger partial charge in [-0.15, -0.1) is 0 Å². The summed E-state index contributed by atoms with van der Waals surface area (Å²) in [5.41, 5.74) is 3.33. The zero-order valence-corrected chi connectivity index (χ0v) is 20.2. The van der Waals surface area contributed by atoms with Crippen LogP contribution in [0.3, 0.4) is 0 Å². The van der Waals surface area contributed by atoms with Crippen molar-refractivity contribution in [3.05, 3.63) is 52.6 Å². The Bertz CT molecular complexity index is 1040. The van der Waals surface area contributed by atoms with E-state index in [-0.39, 0.29) is 18.4 Å². The molecule has 8 heteroatoms. The highest BCUT2D eigenvalue weighted by Gasteiger charge is 2.33. The third kappa shape index (κ3) is 4.91. The van der Waals surface area contributed by atoms with Gasteiger partial charge in [-0.1, -0.05) is 23.8 Å². The maximum Gasteiger partial charge on any atom is 0.243 e. The summed E-state index contributed by atoms with van der Waals surface area (Å²) in [6.07, 6.45) is 0.968. The standard InChI is InChI=1S/C24H32N2O5S/c1-16-13-17(2)23(18(3)14-16)32(28,29)26-11-9-19(10-12-26)24(27)25-15-20-21(30-4)7-6-8-22(20)31-5/h6-8,13-14,19H,9-12,15H2,1-5H3,(H,25,27). The molecule has 1 amide bonds. The van der Waals surface area contributed by atoms with Crippen LogP contribution in [0.1, 0.15) is 35.1 Å². The number of carbonyl (C=O) groups excluding carboxylic acids is 1. The number of carbonyl (C=O) groups is 1. The number of hydrogen-bond acceptors (Lipinski definition) is 5. The Balaban J connectivity index is 1.65. The minimum absolute atomic E-state index is 0.0855. The molecule has 0 unspecified atom stereocenters. The Hall–Kier alpha value is -2.58. The van der Waals surface area contributed by atoms with Crippen LogP contribution in [0.4, 0.5) is 0 Å². The summed E-state index contributed by atoms with van der Waals surface area (Å²) in [7, 11) is -0.440. The van der Waals surface area contributed by atoms with E-state index >= 15 is 0 Å². The van der Waals surface area contributed by atoms with Gasteiger partial charge in [0.25, 0.3) is 0 Å². The fraction of sp³-hybridized carbons (Fsp3) is 0.458. The van der Waals surface area contributed by atoms with Crippen LogP contribution in [0.2, 0.25) is 0 Å². The van der Waals surface area contributed by atoms with Crippen LogP contribution in [-0.2, 0) is 21.4 Å². The molecule has 1 aliphatic rings. The first-order chi connectivity index (χ1) is 15.2. The Kier molecular flexibility index (Phi) is 7.46. The van der Waals surface area contributed by atoms with E-state index in [0.717, 1.165) is 22.3 Å². The maximum absolute atomic E-state index is 13.3. The summed E-state index contributed by atoms with van der Waals surface area (Å²) < 4.78 is 38.8. The fourth-order valence-corrected chi connectivity index (χ4v) is 6.36. The molecule has 1 fully saturated rings. The van der Waals surface area contributed by atoms with E-state index in [4.69, 9.17) is 9.47 Å². The predicted molar refractivity (Wildman–Crippen MR) is 124 cm³/mol. The number of benzene rings is 2. The Morgan fingerprint density at radius 2 is 1.56 bits per heavy atom. The maximum atomic E-state index is 13.3. The molecule has 0 saturated carbocycles. The number of amides is 1. The zero-order valence-electron chi connectivity index (χ0n) is 19.4. The van der Waals surface area contributed by atoms with Crippen molar-refractivity contribution < 1.29 is 22.7 Å². The molecular weight excluding hydrogens is 428 g/mol. The monoisotopic (exact) mass is 460 g/mol. The summed E-state index contributed by atoms with van der Waals surface area (Å²) in [4.78, 5) is 13.2. The quantitative estimate of drug-likeness (QED) is 0.685. The van der Waals surface area contributed by atoms with E-state index in [1.165, 1.54) is 4.31 Å². The lowest BCUT2D eigenvalue weighted by Gasteiger charge is -2.31. The van der Waals surface area contributed by atoms with Crippen molar-refractivity contribution in [1.82, 2.24) is 9.62 Å². The van der Waals surface area contributed by atoms with Gasteiger partial charge in [0.1, 0.15) is 11.5 Å². The van der Waals surface area contributed by atoms with Gasteiger partial charge in [-0.25, -0.2) is 8.42 Å². The van der Waals surface area contributed by atoms with Crippen LogP contribution in [0.25, 0.3) is 0 Å². The van der Waals surface area contributed by atoms with Gasteiger partial charge in [-0.3, -0.25) is 4.79 Å². The van der Waals surface area contributed by atoms with E-state index in [2.05, 4.69) is 5.32 Å². The van der Waals surface area contributed by atoms with Crippen molar-refractivity contribution in [2.45, 2.75) is 45.1 Å². The van der Waals surface area contributed by atoms with Gasteiger partial charge in [-0.2, -0.15) is 4.31 Å². The summed E-state index contributed by atoms with van der Waals surface area (Å²) in [6.45, 7) is 6.56. The number of nitrogens with zero attached hydrogens (tertiary/aromatic N) is 1. The Labute approximate surface area is 190 Å². The van der Waals surface area contributed by atoms with Gasteiger partial charge in [0.2, 0.25) is 15.9 Å². The van der Waals surface area contributed by atoms with E-state index in [0.29, 0.717) is 42.3 Å². The third-order valence-corrected chi connectivity index (χ3v) is 8.20.